The highest BCUT2D eigenvalue weighted by atomic mass is 32.2. The Balaban J connectivity index is 0.000000236. The number of fused-ring (bicyclic) bond motifs is 1. The number of aromatic nitrogens is 2. The fourth-order valence-corrected chi connectivity index (χ4v) is 2.99. The van der Waals surface area contributed by atoms with Crippen LogP contribution >= 0.6 is 11.8 Å². The van der Waals surface area contributed by atoms with Crippen LogP contribution in [0.4, 0.5) is 4.79 Å². The summed E-state index contributed by atoms with van der Waals surface area (Å²) >= 11 is 0.834. The van der Waals surface area contributed by atoms with Crippen LogP contribution in [0.3, 0.4) is 0 Å². The monoisotopic (exact) mass is 395 g/mol. The Hall–Kier alpha value is -3.39. The zero-order valence-electron chi connectivity index (χ0n) is 15.0. The van der Waals surface area contributed by atoms with Gasteiger partial charge in [-0.1, -0.05) is 36.9 Å². The quantitative estimate of drug-likeness (QED) is 0.686. The number of para-hydroxylation sites is 2. The predicted molar refractivity (Wildman–Crippen MR) is 108 cm³/mol. The minimum Gasteiger partial charge on any atom is -0.486 e. The van der Waals surface area contributed by atoms with Gasteiger partial charge in [0.2, 0.25) is 0 Å². The molecule has 3 aromatic rings. The van der Waals surface area contributed by atoms with Gasteiger partial charge in [-0.25, -0.2) is 0 Å². The molecule has 0 aliphatic carbocycles. The number of thioether (sulfide) groups is 1. The zero-order valence-corrected chi connectivity index (χ0v) is 15.9. The molecule has 2 amide bonds. The van der Waals surface area contributed by atoms with Gasteiger partial charge in [-0.3, -0.25) is 19.7 Å². The lowest BCUT2D eigenvalue weighted by molar-refractivity contribution is -0.115. The molecule has 1 fully saturated rings. The normalized spacial score (nSPS) is 13.1. The number of carbonyl (C=O) groups excluding carboxylic acids is 2. The second-order valence-electron chi connectivity index (χ2n) is 5.78. The molecule has 1 aliphatic rings. The van der Waals surface area contributed by atoms with Crippen molar-refractivity contribution >= 4 is 33.8 Å². The van der Waals surface area contributed by atoms with Crippen molar-refractivity contribution in [3.05, 3.63) is 82.3 Å². The van der Waals surface area contributed by atoms with Crippen LogP contribution < -0.4 is 15.6 Å². The molecular formula is C20H17N3O4S. The number of rotatable bonds is 3. The first-order valence-electron chi connectivity index (χ1n) is 8.30. The summed E-state index contributed by atoms with van der Waals surface area (Å²) in [5, 5.41) is 2.34. The van der Waals surface area contributed by atoms with Gasteiger partial charge in [0.15, 0.2) is 5.82 Å². The number of ether oxygens (including phenoxy) is 1. The summed E-state index contributed by atoms with van der Waals surface area (Å²) in [6, 6.07) is 16.9. The van der Waals surface area contributed by atoms with E-state index in [1.54, 1.807) is 6.07 Å². The van der Waals surface area contributed by atoms with Crippen LogP contribution in [-0.4, -0.2) is 20.7 Å². The van der Waals surface area contributed by atoms with E-state index in [1.807, 2.05) is 60.1 Å². The van der Waals surface area contributed by atoms with Crippen molar-refractivity contribution in [1.82, 2.24) is 14.9 Å². The molecule has 7 nitrogen and oxygen atoms in total. The summed E-state index contributed by atoms with van der Waals surface area (Å²) in [6.07, 6.45) is 0. The number of aryl methyl sites for hydroxylation is 1. The fraction of sp³-hybridized carbons (Fsp3) is 0.100. The number of hydrogen-bond donors (Lipinski definition) is 1. The molecular weight excluding hydrogens is 378 g/mol. The molecule has 28 heavy (non-hydrogen) atoms. The van der Waals surface area contributed by atoms with Gasteiger partial charge in [0, 0.05) is 7.05 Å². The van der Waals surface area contributed by atoms with Crippen LogP contribution in [-0.2, 0) is 18.4 Å². The Kier molecular flexibility index (Phi) is 5.90. The minimum absolute atomic E-state index is 0.217. The molecule has 0 unspecified atom stereocenters. The van der Waals surface area contributed by atoms with Gasteiger partial charge in [-0.15, -0.1) is 0 Å². The van der Waals surface area contributed by atoms with Crippen LogP contribution in [0.5, 0.6) is 5.75 Å². The molecule has 1 saturated heterocycles. The summed E-state index contributed by atoms with van der Waals surface area (Å²) < 4.78 is 7.54. The lowest BCUT2D eigenvalue weighted by Crippen LogP contribution is -2.18. The second-order valence-corrected chi connectivity index (χ2v) is 6.85. The Morgan fingerprint density at radius 1 is 1.07 bits per heavy atom. The van der Waals surface area contributed by atoms with Gasteiger partial charge >= 0.3 is 0 Å². The van der Waals surface area contributed by atoms with Crippen LogP contribution in [0.2, 0.25) is 0 Å². The van der Waals surface area contributed by atoms with E-state index in [0.717, 1.165) is 23.0 Å². The molecule has 0 bridgehead atoms. The predicted octanol–water partition coefficient (Wildman–Crippen LogP) is 3.00. The van der Waals surface area contributed by atoms with Crippen LogP contribution in [0, 0.1) is 0 Å². The number of benzene rings is 2. The first-order valence-corrected chi connectivity index (χ1v) is 9.12. The number of hydrogen-bond acceptors (Lipinski definition) is 6. The van der Waals surface area contributed by atoms with Gasteiger partial charge in [0.25, 0.3) is 16.7 Å². The van der Waals surface area contributed by atoms with E-state index in [9.17, 15) is 14.4 Å². The molecule has 2 heterocycles. The molecule has 8 heteroatoms. The summed E-state index contributed by atoms with van der Waals surface area (Å²) in [5.41, 5.74) is 0.643. The topological polar surface area (TPSA) is 90.3 Å². The molecule has 1 N–H and O–H groups in total. The minimum atomic E-state index is -0.375. The Labute approximate surface area is 165 Å². The van der Waals surface area contributed by atoms with E-state index >= 15 is 0 Å². The molecule has 142 valence electrons. The molecule has 1 aromatic heterocycles. The third-order valence-electron chi connectivity index (χ3n) is 3.91. The molecule has 0 atom stereocenters. The van der Waals surface area contributed by atoms with Gasteiger partial charge in [-0.05, 0) is 36.0 Å². The molecule has 0 saturated carbocycles. The van der Waals surface area contributed by atoms with Gasteiger partial charge in [-0.2, -0.15) is 4.98 Å². The lowest BCUT2D eigenvalue weighted by atomic mass is 10.2. The average Bonchev–Trinajstić information content (AvgIpc) is 3.00. The van der Waals surface area contributed by atoms with Crippen molar-refractivity contribution < 1.29 is 14.3 Å². The molecule has 0 spiro atoms. The van der Waals surface area contributed by atoms with E-state index in [0.29, 0.717) is 11.2 Å². The second kappa shape index (κ2) is 8.53. The SMILES string of the molecule is C=C1SC(=O)NC1=O.Cn1c(COc2ccccc2)nc(=O)c2ccccc21. The maximum Gasteiger partial charge on any atom is 0.290 e. The zero-order chi connectivity index (χ0) is 20.1. The van der Waals surface area contributed by atoms with E-state index in [2.05, 4.69) is 16.9 Å². The summed E-state index contributed by atoms with van der Waals surface area (Å²) in [6.45, 7) is 3.58. The van der Waals surface area contributed by atoms with Crippen molar-refractivity contribution in [2.45, 2.75) is 6.61 Å². The Morgan fingerprint density at radius 2 is 1.75 bits per heavy atom. The van der Waals surface area contributed by atoms with Crippen LogP contribution in [0.1, 0.15) is 5.82 Å². The van der Waals surface area contributed by atoms with Gasteiger partial charge in [0.1, 0.15) is 12.4 Å². The highest BCUT2D eigenvalue weighted by Crippen LogP contribution is 2.19. The number of imide groups is 1. The smallest absolute Gasteiger partial charge is 0.290 e. The average molecular weight is 395 g/mol. The fourth-order valence-electron chi connectivity index (χ4n) is 2.48. The van der Waals surface area contributed by atoms with Crippen molar-refractivity contribution in [3.63, 3.8) is 0 Å². The number of amides is 2. The van der Waals surface area contributed by atoms with E-state index < -0.39 is 0 Å². The maximum absolute atomic E-state index is 12.0. The van der Waals surface area contributed by atoms with Crippen molar-refractivity contribution in [2.75, 3.05) is 0 Å². The Morgan fingerprint density at radius 3 is 2.36 bits per heavy atom. The maximum atomic E-state index is 12.0. The Bertz CT molecular complexity index is 1090. The summed E-state index contributed by atoms with van der Waals surface area (Å²) in [7, 11) is 1.89. The van der Waals surface area contributed by atoms with E-state index in [1.165, 1.54) is 0 Å². The highest BCUT2D eigenvalue weighted by Gasteiger charge is 2.22. The van der Waals surface area contributed by atoms with E-state index in [4.69, 9.17) is 4.74 Å². The number of nitrogens with one attached hydrogen (secondary N) is 1. The number of nitrogens with zero attached hydrogens (tertiary/aromatic N) is 2. The van der Waals surface area contributed by atoms with Crippen molar-refractivity contribution in [3.8, 4) is 5.75 Å². The largest absolute Gasteiger partial charge is 0.486 e. The van der Waals surface area contributed by atoms with Gasteiger partial charge < -0.3 is 9.30 Å². The van der Waals surface area contributed by atoms with Crippen LogP contribution in [0.25, 0.3) is 10.9 Å². The van der Waals surface area contributed by atoms with Gasteiger partial charge in [0.05, 0.1) is 15.8 Å². The number of carbonyl (C=O) groups is 2. The third kappa shape index (κ3) is 4.47. The van der Waals surface area contributed by atoms with Crippen molar-refractivity contribution in [1.29, 1.82) is 0 Å². The summed E-state index contributed by atoms with van der Waals surface area (Å²) in [4.78, 5) is 36.9. The first kappa shape index (κ1) is 19.4. The third-order valence-corrected chi connectivity index (χ3v) is 4.63. The first-order chi connectivity index (χ1) is 13.5. The van der Waals surface area contributed by atoms with Crippen LogP contribution in [0.15, 0.2) is 70.9 Å². The lowest BCUT2D eigenvalue weighted by Gasteiger charge is -2.12. The molecule has 1 aliphatic heterocycles. The standard InChI is InChI=1S/C16H14N2O2.C4H3NO2S/c1-18-14-10-6-5-9-13(14)16(19)17-15(18)11-20-12-7-3-2-4-8-12;1-2-3(6)5-4(7)8-2/h2-10H,11H2,1H3;1H2,(H,5,6,7). The van der Waals surface area contributed by atoms with E-state index in [-0.39, 0.29) is 28.2 Å². The molecule has 0 radical (unpaired) electrons. The van der Waals surface area contributed by atoms with Crippen molar-refractivity contribution in [2.24, 2.45) is 7.05 Å². The summed E-state index contributed by atoms with van der Waals surface area (Å²) in [5.74, 6) is 0.993. The molecule has 4 rings (SSSR count). The highest BCUT2D eigenvalue weighted by molar-refractivity contribution is 8.18. The molecule has 2 aromatic carbocycles.